The molecule has 2 nitrogen and oxygen atoms in total. The third-order valence-corrected chi connectivity index (χ3v) is 2.07. The van der Waals surface area contributed by atoms with E-state index in [0.29, 0.717) is 6.42 Å². The smallest absolute Gasteiger partial charge is 0.449 e. The molecule has 1 rings (SSSR count). The van der Waals surface area contributed by atoms with Gasteiger partial charge in [0.15, 0.2) is 0 Å². The highest BCUT2D eigenvalue weighted by atomic mass is 19.4. The molecule has 0 aliphatic carbocycles. The monoisotopic (exact) mass is 236 g/mol. The highest BCUT2D eigenvalue weighted by Gasteiger charge is 2.20. The number of aryl methyl sites for hydroxylation is 2. The van der Waals surface area contributed by atoms with E-state index in [2.05, 4.69) is 24.0 Å². The average molecular weight is 236 g/mol. The Labute approximate surface area is 95.1 Å². The summed E-state index contributed by atoms with van der Waals surface area (Å²) in [7, 11) is 2.02. The SMILES string of the molecule is CCCC[B-](F)(F)F.CC[n+]1ccn(C)c1. The summed E-state index contributed by atoms with van der Waals surface area (Å²) in [5.41, 5.74) is 0. The molecule has 0 atom stereocenters. The van der Waals surface area contributed by atoms with Crippen LogP contribution in [0.5, 0.6) is 0 Å². The van der Waals surface area contributed by atoms with Crippen LogP contribution < -0.4 is 4.57 Å². The van der Waals surface area contributed by atoms with Crippen LogP contribution in [0.25, 0.3) is 0 Å². The van der Waals surface area contributed by atoms with Crippen molar-refractivity contribution in [1.29, 1.82) is 0 Å². The van der Waals surface area contributed by atoms with Crippen LogP contribution in [0.2, 0.25) is 6.32 Å². The molecule has 0 N–H and O–H groups in total. The molecule has 0 fully saturated rings. The Bertz CT molecular complexity index is 284. The summed E-state index contributed by atoms with van der Waals surface area (Å²) in [5, 5.41) is 0. The molecule has 0 bridgehead atoms. The number of halogens is 3. The molecule has 6 heteroatoms. The Balaban J connectivity index is 0.000000281. The molecule has 1 aromatic heterocycles. The van der Waals surface area contributed by atoms with Crippen molar-refractivity contribution in [2.45, 2.75) is 39.6 Å². The average Bonchev–Trinajstić information content (AvgIpc) is 2.61. The van der Waals surface area contributed by atoms with Crippen molar-refractivity contribution in [3.63, 3.8) is 0 Å². The summed E-state index contributed by atoms with van der Waals surface area (Å²) < 4.78 is 38.1. The van der Waals surface area contributed by atoms with Gasteiger partial charge in [-0.05, 0) is 6.92 Å². The van der Waals surface area contributed by atoms with Gasteiger partial charge in [0.25, 0.3) is 0 Å². The van der Waals surface area contributed by atoms with E-state index >= 15 is 0 Å². The fourth-order valence-electron chi connectivity index (χ4n) is 1.12. The second-order valence-electron chi connectivity index (χ2n) is 3.76. The van der Waals surface area contributed by atoms with Crippen LogP contribution >= 0.6 is 0 Å². The van der Waals surface area contributed by atoms with E-state index in [1.54, 1.807) is 6.92 Å². The molecule has 0 aliphatic heterocycles. The van der Waals surface area contributed by atoms with Crippen LogP contribution in [-0.2, 0) is 13.6 Å². The van der Waals surface area contributed by atoms with Crippen molar-refractivity contribution >= 4 is 6.98 Å². The van der Waals surface area contributed by atoms with E-state index in [1.165, 1.54) is 0 Å². The van der Waals surface area contributed by atoms with E-state index < -0.39 is 13.3 Å². The molecule has 1 aromatic rings. The molecular formula is C10H20BF3N2. The third-order valence-electron chi connectivity index (χ3n) is 2.07. The van der Waals surface area contributed by atoms with Crippen molar-refractivity contribution in [3.8, 4) is 0 Å². The fourth-order valence-corrected chi connectivity index (χ4v) is 1.12. The molecule has 0 aromatic carbocycles. The van der Waals surface area contributed by atoms with Gasteiger partial charge in [0.2, 0.25) is 6.33 Å². The van der Waals surface area contributed by atoms with Gasteiger partial charge in [-0.3, -0.25) is 0 Å². The van der Waals surface area contributed by atoms with Crippen LogP contribution in [-0.4, -0.2) is 11.5 Å². The summed E-state index contributed by atoms with van der Waals surface area (Å²) in [6.45, 7) is 0.431. The lowest BCUT2D eigenvalue weighted by atomic mass is 9.84. The minimum Gasteiger partial charge on any atom is -0.449 e. The lowest BCUT2D eigenvalue weighted by Gasteiger charge is -2.10. The zero-order valence-electron chi connectivity index (χ0n) is 10.2. The summed E-state index contributed by atoms with van der Waals surface area (Å²) >= 11 is 0. The van der Waals surface area contributed by atoms with Crippen molar-refractivity contribution in [1.82, 2.24) is 4.57 Å². The molecule has 0 aliphatic rings. The largest absolute Gasteiger partial charge is 0.478 e. The number of unbranched alkanes of at least 4 members (excludes halogenated alkanes) is 1. The Kier molecular flexibility index (Phi) is 6.93. The van der Waals surface area contributed by atoms with Crippen LogP contribution in [0.4, 0.5) is 12.9 Å². The molecule has 0 saturated heterocycles. The molecule has 0 amide bonds. The lowest BCUT2D eigenvalue weighted by molar-refractivity contribution is -0.693. The Morgan fingerprint density at radius 2 is 1.88 bits per heavy atom. The van der Waals surface area contributed by atoms with Crippen LogP contribution in [0.3, 0.4) is 0 Å². The normalized spacial score (nSPS) is 10.9. The molecule has 94 valence electrons. The van der Waals surface area contributed by atoms with Gasteiger partial charge in [-0.2, -0.15) is 0 Å². The number of hydrogen-bond acceptors (Lipinski definition) is 0. The first-order valence-corrected chi connectivity index (χ1v) is 5.61. The van der Waals surface area contributed by atoms with E-state index in [9.17, 15) is 12.9 Å². The number of rotatable bonds is 4. The van der Waals surface area contributed by atoms with Crippen LogP contribution in [0, 0.1) is 0 Å². The zero-order valence-corrected chi connectivity index (χ0v) is 10.2. The predicted molar refractivity (Wildman–Crippen MR) is 60.1 cm³/mol. The Hall–Kier alpha value is -0.935. The van der Waals surface area contributed by atoms with E-state index in [1.807, 2.05) is 17.8 Å². The molecule has 1 heterocycles. The number of imidazole rings is 1. The van der Waals surface area contributed by atoms with Gasteiger partial charge < -0.3 is 12.9 Å². The third kappa shape index (κ3) is 8.38. The molecule has 0 saturated carbocycles. The van der Waals surface area contributed by atoms with Crippen LogP contribution in [0.1, 0.15) is 26.7 Å². The van der Waals surface area contributed by atoms with Gasteiger partial charge >= 0.3 is 6.98 Å². The van der Waals surface area contributed by atoms with Gasteiger partial charge in [-0.25, -0.2) is 9.13 Å². The van der Waals surface area contributed by atoms with Gasteiger partial charge in [-0.15, -0.1) is 0 Å². The molecule has 0 spiro atoms. The summed E-state index contributed by atoms with van der Waals surface area (Å²) in [4.78, 5) is 0. The first kappa shape index (κ1) is 15.1. The minimum absolute atomic E-state index is 0.281. The van der Waals surface area contributed by atoms with Crippen molar-refractivity contribution in [2.24, 2.45) is 7.05 Å². The molecular weight excluding hydrogens is 216 g/mol. The lowest BCUT2D eigenvalue weighted by Crippen LogP contribution is -2.28. The first-order chi connectivity index (χ1) is 7.39. The molecule has 0 radical (unpaired) electrons. The number of nitrogens with zero attached hydrogens (tertiary/aromatic N) is 2. The van der Waals surface area contributed by atoms with Gasteiger partial charge in [-0.1, -0.05) is 26.1 Å². The van der Waals surface area contributed by atoms with E-state index in [-0.39, 0.29) is 6.42 Å². The molecule has 0 unspecified atom stereocenters. The highest BCUT2D eigenvalue weighted by molar-refractivity contribution is 6.58. The highest BCUT2D eigenvalue weighted by Crippen LogP contribution is 2.17. The van der Waals surface area contributed by atoms with Crippen molar-refractivity contribution in [2.75, 3.05) is 0 Å². The van der Waals surface area contributed by atoms with E-state index in [4.69, 9.17) is 0 Å². The Morgan fingerprint density at radius 1 is 1.25 bits per heavy atom. The topological polar surface area (TPSA) is 8.81 Å². The maximum absolute atomic E-state index is 11.3. The van der Waals surface area contributed by atoms with Gasteiger partial charge in [0.1, 0.15) is 12.4 Å². The second-order valence-corrected chi connectivity index (χ2v) is 3.76. The number of hydrogen-bond donors (Lipinski definition) is 0. The second kappa shape index (κ2) is 7.36. The minimum atomic E-state index is -4.50. The quantitative estimate of drug-likeness (QED) is 0.561. The van der Waals surface area contributed by atoms with E-state index in [0.717, 1.165) is 6.54 Å². The predicted octanol–water partition coefficient (Wildman–Crippen LogP) is 2.97. The molecule has 16 heavy (non-hydrogen) atoms. The standard InChI is InChI=1S/C6H11N2.C4H9BF3/c1-3-8-5-4-7(2)6-8;1-2-3-4-5(6,7)8/h4-6H,3H2,1-2H3;2-4H2,1H3/q+1;-1. The van der Waals surface area contributed by atoms with Crippen molar-refractivity contribution < 1.29 is 17.5 Å². The number of aromatic nitrogens is 2. The summed E-state index contributed by atoms with van der Waals surface area (Å²) in [5.74, 6) is 0. The summed E-state index contributed by atoms with van der Waals surface area (Å²) in [6.07, 6.45) is 6.48. The summed E-state index contributed by atoms with van der Waals surface area (Å²) in [6, 6.07) is 0. The first-order valence-electron chi connectivity index (χ1n) is 5.61. The van der Waals surface area contributed by atoms with Crippen LogP contribution in [0.15, 0.2) is 18.7 Å². The van der Waals surface area contributed by atoms with Gasteiger partial charge in [0.05, 0.1) is 13.6 Å². The maximum atomic E-state index is 11.3. The Morgan fingerprint density at radius 3 is 2.06 bits per heavy atom. The maximum Gasteiger partial charge on any atom is 0.478 e. The van der Waals surface area contributed by atoms with Gasteiger partial charge in [0, 0.05) is 0 Å². The zero-order chi connectivity index (χ0) is 12.6. The van der Waals surface area contributed by atoms with Crippen molar-refractivity contribution in [3.05, 3.63) is 18.7 Å². The fraction of sp³-hybridized carbons (Fsp3) is 0.700.